The van der Waals surface area contributed by atoms with Gasteiger partial charge in [0.15, 0.2) is 0 Å². The number of carboxylic acid groups (broad SMARTS) is 1. The average molecular weight is 417 g/mol. The SMILES string of the molecule is CCC(NC(=O)Cc1c(C)c2c(OC)cc3c(c2oc1=O)CCC(C)(C)O3)C(=O)O. The van der Waals surface area contributed by atoms with Crippen LogP contribution in [0.3, 0.4) is 0 Å². The third kappa shape index (κ3) is 3.99. The van der Waals surface area contributed by atoms with Crippen LogP contribution in [0.5, 0.6) is 11.5 Å². The lowest BCUT2D eigenvalue weighted by atomic mass is 9.91. The van der Waals surface area contributed by atoms with Gasteiger partial charge in [-0.15, -0.1) is 0 Å². The summed E-state index contributed by atoms with van der Waals surface area (Å²) in [7, 11) is 1.52. The summed E-state index contributed by atoms with van der Waals surface area (Å²) in [5, 5.41) is 12.2. The number of amides is 1. The summed E-state index contributed by atoms with van der Waals surface area (Å²) in [5.74, 6) is -0.567. The van der Waals surface area contributed by atoms with Crippen molar-refractivity contribution in [2.24, 2.45) is 0 Å². The molecule has 1 atom stereocenters. The molecule has 1 aliphatic rings. The summed E-state index contributed by atoms with van der Waals surface area (Å²) in [4.78, 5) is 36.3. The summed E-state index contributed by atoms with van der Waals surface area (Å²) in [6.07, 6.45) is 1.41. The quantitative estimate of drug-likeness (QED) is 0.695. The molecule has 0 saturated carbocycles. The number of rotatable bonds is 6. The summed E-state index contributed by atoms with van der Waals surface area (Å²) < 4.78 is 17.2. The summed E-state index contributed by atoms with van der Waals surface area (Å²) in [6.45, 7) is 7.39. The van der Waals surface area contributed by atoms with Gasteiger partial charge in [0.2, 0.25) is 5.91 Å². The van der Waals surface area contributed by atoms with Crippen molar-refractivity contribution in [1.29, 1.82) is 0 Å². The number of methoxy groups -OCH3 is 1. The minimum absolute atomic E-state index is 0.176. The third-order valence-electron chi connectivity index (χ3n) is 5.54. The molecule has 0 fully saturated rings. The van der Waals surface area contributed by atoms with Crippen molar-refractivity contribution < 1.29 is 28.6 Å². The van der Waals surface area contributed by atoms with E-state index in [-0.39, 0.29) is 24.0 Å². The standard InChI is InChI=1S/C22H27NO7/c1-6-14(20(25)26)23-17(24)9-13-11(2)18-16(28-5)10-15-12(19(18)29-21(13)27)7-8-22(3,4)30-15/h10,14H,6-9H2,1-5H3,(H,23,24)(H,25,26). The first kappa shape index (κ1) is 21.7. The zero-order valence-corrected chi connectivity index (χ0v) is 17.9. The Balaban J connectivity index is 2.08. The number of benzene rings is 1. The summed E-state index contributed by atoms with van der Waals surface area (Å²) >= 11 is 0. The van der Waals surface area contributed by atoms with E-state index >= 15 is 0 Å². The Hall–Kier alpha value is -3.03. The second kappa shape index (κ2) is 8.01. The van der Waals surface area contributed by atoms with Crippen LogP contribution in [0.2, 0.25) is 0 Å². The fraction of sp³-hybridized carbons (Fsp3) is 0.500. The first-order valence-corrected chi connectivity index (χ1v) is 9.95. The van der Waals surface area contributed by atoms with E-state index in [1.807, 2.05) is 13.8 Å². The Morgan fingerprint density at radius 3 is 2.67 bits per heavy atom. The van der Waals surface area contributed by atoms with E-state index in [0.717, 1.165) is 12.0 Å². The number of aryl methyl sites for hydroxylation is 2. The fourth-order valence-corrected chi connectivity index (χ4v) is 3.79. The largest absolute Gasteiger partial charge is 0.496 e. The number of ether oxygens (including phenoxy) is 2. The Bertz CT molecular complexity index is 1070. The van der Waals surface area contributed by atoms with Gasteiger partial charge in [0, 0.05) is 11.6 Å². The molecule has 30 heavy (non-hydrogen) atoms. The van der Waals surface area contributed by atoms with Gasteiger partial charge in [0.05, 0.1) is 24.5 Å². The fourth-order valence-electron chi connectivity index (χ4n) is 3.79. The number of carboxylic acids is 1. The highest BCUT2D eigenvalue weighted by atomic mass is 16.5. The minimum atomic E-state index is -1.12. The van der Waals surface area contributed by atoms with Crippen LogP contribution in [0.4, 0.5) is 0 Å². The van der Waals surface area contributed by atoms with Crippen LogP contribution in [-0.2, 0) is 22.4 Å². The molecule has 1 unspecified atom stereocenters. The molecule has 0 saturated heterocycles. The molecule has 0 spiro atoms. The molecule has 2 N–H and O–H groups in total. The molecule has 1 amide bonds. The van der Waals surface area contributed by atoms with E-state index in [9.17, 15) is 14.4 Å². The van der Waals surface area contributed by atoms with Crippen LogP contribution in [-0.4, -0.2) is 35.7 Å². The van der Waals surface area contributed by atoms with Gasteiger partial charge < -0.3 is 24.3 Å². The topological polar surface area (TPSA) is 115 Å². The number of fused-ring (bicyclic) bond motifs is 3. The molecule has 3 rings (SSSR count). The highest BCUT2D eigenvalue weighted by Gasteiger charge is 2.31. The van der Waals surface area contributed by atoms with Crippen LogP contribution in [0.25, 0.3) is 11.0 Å². The monoisotopic (exact) mass is 417 g/mol. The van der Waals surface area contributed by atoms with Crippen molar-refractivity contribution in [3.8, 4) is 11.5 Å². The van der Waals surface area contributed by atoms with Crippen LogP contribution < -0.4 is 20.4 Å². The molecule has 8 nitrogen and oxygen atoms in total. The second-order valence-electron chi connectivity index (χ2n) is 8.16. The van der Waals surface area contributed by atoms with Crippen molar-refractivity contribution in [2.45, 2.75) is 65.0 Å². The Morgan fingerprint density at radius 1 is 1.37 bits per heavy atom. The number of carbonyl (C=O) groups excluding carboxylic acids is 1. The van der Waals surface area contributed by atoms with Crippen LogP contribution in [0, 0.1) is 6.92 Å². The first-order chi connectivity index (χ1) is 14.1. The van der Waals surface area contributed by atoms with Gasteiger partial charge in [0.25, 0.3) is 0 Å². The van der Waals surface area contributed by atoms with Gasteiger partial charge in [-0.1, -0.05) is 6.92 Å². The Kier molecular flexibility index (Phi) is 5.78. The van der Waals surface area contributed by atoms with E-state index in [0.29, 0.717) is 34.5 Å². The lowest BCUT2D eigenvalue weighted by Gasteiger charge is -2.33. The molecular formula is C22H27NO7. The molecule has 1 aliphatic heterocycles. The normalized spacial score (nSPS) is 15.8. The van der Waals surface area contributed by atoms with Gasteiger partial charge in [-0.25, -0.2) is 9.59 Å². The van der Waals surface area contributed by atoms with E-state index in [1.54, 1.807) is 19.9 Å². The number of nitrogens with one attached hydrogen (secondary N) is 1. The molecule has 0 radical (unpaired) electrons. The van der Waals surface area contributed by atoms with Gasteiger partial charge in [-0.05, 0) is 45.6 Å². The maximum atomic E-state index is 12.7. The van der Waals surface area contributed by atoms with Gasteiger partial charge in [-0.2, -0.15) is 0 Å². The molecule has 0 aliphatic carbocycles. The lowest BCUT2D eigenvalue weighted by molar-refractivity contribution is -0.141. The molecular weight excluding hydrogens is 390 g/mol. The van der Waals surface area contributed by atoms with Crippen LogP contribution in [0.15, 0.2) is 15.3 Å². The molecule has 162 valence electrons. The van der Waals surface area contributed by atoms with Crippen molar-refractivity contribution in [2.75, 3.05) is 7.11 Å². The first-order valence-electron chi connectivity index (χ1n) is 9.95. The maximum absolute atomic E-state index is 12.7. The van der Waals surface area contributed by atoms with Gasteiger partial charge in [0.1, 0.15) is 28.7 Å². The molecule has 8 heteroatoms. The van der Waals surface area contributed by atoms with Crippen LogP contribution in [0.1, 0.15) is 50.3 Å². The third-order valence-corrected chi connectivity index (χ3v) is 5.54. The van der Waals surface area contributed by atoms with Gasteiger partial charge >= 0.3 is 11.6 Å². The minimum Gasteiger partial charge on any atom is -0.496 e. The Morgan fingerprint density at radius 2 is 2.07 bits per heavy atom. The molecule has 1 aromatic carbocycles. The number of hydrogen-bond donors (Lipinski definition) is 2. The lowest BCUT2D eigenvalue weighted by Crippen LogP contribution is -2.41. The van der Waals surface area contributed by atoms with Gasteiger partial charge in [-0.3, -0.25) is 4.79 Å². The summed E-state index contributed by atoms with van der Waals surface area (Å²) in [6, 6.07) is 0.778. The van der Waals surface area contributed by atoms with Crippen molar-refractivity contribution in [3.63, 3.8) is 0 Å². The number of aliphatic carboxylic acids is 1. The van der Waals surface area contributed by atoms with E-state index < -0.39 is 23.5 Å². The number of carbonyl (C=O) groups is 2. The van der Waals surface area contributed by atoms with E-state index in [2.05, 4.69) is 5.32 Å². The number of hydrogen-bond acceptors (Lipinski definition) is 6. The predicted molar refractivity (Wildman–Crippen MR) is 110 cm³/mol. The smallest absolute Gasteiger partial charge is 0.340 e. The highest BCUT2D eigenvalue weighted by Crippen LogP contribution is 2.43. The molecule has 1 aromatic heterocycles. The van der Waals surface area contributed by atoms with Crippen molar-refractivity contribution >= 4 is 22.8 Å². The molecule has 2 aromatic rings. The molecule has 0 bridgehead atoms. The van der Waals surface area contributed by atoms with Crippen molar-refractivity contribution in [3.05, 3.63) is 33.2 Å². The van der Waals surface area contributed by atoms with Crippen molar-refractivity contribution in [1.82, 2.24) is 5.32 Å². The van der Waals surface area contributed by atoms with E-state index in [1.165, 1.54) is 7.11 Å². The van der Waals surface area contributed by atoms with E-state index in [4.69, 9.17) is 19.0 Å². The molecule has 2 heterocycles. The highest BCUT2D eigenvalue weighted by molar-refractivity contribution is 5.93. The predicted octanol–water partition coefficient (Wildman–Crippen LogP) is 2.74. The zero-order valence-electron chi connectivity index (χ0n) is 17.9. The summed E-state index contributed by atoms with van der Waals surface area (Å²) in [5.41, 5.74) is 0.999. The van der Waals surface area contributed by atoms with Crippen LogP contribution >= 0.6 is 0 Å². The average Bonchev–Trinajstić information content (AvgIpc) is 2.67. The second-order valence-corrected chi connectivity index (χ2v) is 8.16. The maximum Gasteiger partial charge on any atom is 0.340 e. The zero-order chi connectivity index (χ0) is 22.2. The Labute approximate surface area is 174 Å².